The number of piperidine rings is 3. The summed E-state index contributed by atoms with van der Waals surface area (Å²) in [6.07, 6.45) is 12.5. The Morgan fingerprint density at radius 2 is 1.41 bits per heavy atom. The lowest BCUT2D eigenvalue weighted by atomic mass is 9.88. The van der Waals surface area contributed by atoms with Gasteiger partial charge in [-0.15, -0.1) is 0 Å². The Bertz CT molecular complexity index is 859. The third kappa shape index (κ3) is 5.17. The van der Waals surface area contributed by atoms with E-state index in [1.807, 2.05) is 19.1 Å². The van der Waals surface area contributed by atoms with Crippen molar-refractivity contribution in [3.8, 4) is 0 Å². The topological polar surface area (TPSA) is 56.8 Å². The zero-order chi connectivity index (χ0) is 23.5. The highest BCUT2D eigenvalue weighted by Crippen LogP contribution is 2.33. The second-order valence-electron chi connectivity index (χ2n) is 11.1. The van der Waals surface area contributed by atoms with E-state index in [-0.39, 0.29) is 17.7 Å². The Balaban J connectivity index is 1.22. The largest absolute Gasteiger partial charge is 0.342 e. The molecule has 4 aliphatic rings. The van der Waals surface area contributed by atoms with Crippen LogP contribution < -0.4 is 0 Å². The normalized spacial score (nSPS) is 24.0. The first-order valence-corrected chi connectivity index (χ1v) is 13.9. The summed E-state index contributed by atoms with van der Waals surface area (Å²) in [7, 11) is 0. The van der Waals surface area contributed by atoms with Crippen molar-refractivity contribution >= 4 is 11.8 Å². The van der Waals surface area contributed by atoms with Crippen molar-refractivity contribution < 1.29 is 9.59 Å². The Labute approximate surface area is 205 Å². The van der Waals surface area contributed by atoms with Crippen LogP contribution in [0.15, 0.2) is 12.1 Å². The van der Waals surface area contributed by atoms with Gasteiger partial charge >= 0.3 is 0 Å². The van der Waals surface area contributed by atoms with E-state index in [0.717, 1.165) is 81.7 Å². The molecule has 1 aromatic heterocycles. The van der Waals surface area contributed by atoms with Gasteiger partial charge in [-0.2, -0.15) is 0 Å². The predicted octanol–water partition coefficient (Wildman–Crippen LogP) is 4.38. The molecule has 3 saturated heterocycles. The number of carbonyl (C=O) groups is 2. The molecule has 0 bridgehead atoms. The van der Waals surface area contributed by atoms with Crippen molar-refractivity contribution in [3.63, 3.8) is 0 Å². The number of amides is 2. The lowest BCUT2D eigenvalue weighted by molar-refractivity contribution is -0.136. The molecular weight excluding hydrogens is 424 g/mol. The Hall–Kier alpha value is -1.95. The van der Waals surface area contributed by atoms with Gasteiger partial charge in [0.25, 0.3) is 5.91 Å². The van der Waals surface area contributed by atoms with E-state index in [1.54, 1.807) is 0 Å². The summed E-state index contributed by atoms with van der Waals surface area (Å²) < 4.78 is 0. The van der Waals surface area contributed by atoms with Crippen LogP contribution >= 0.6 is 0 Å². The van der Waals surface area contributed by atoms with Crippen molar-refractivity contribution in [1.82, 2.24) is 19.7 Å². The maximum Gasteiger partial charge on any atom is 0.255 e. The molecule has 186 valence electrons. The number of likely N-dealkylation sites (tertiary alicyclic amines) is 3. The van der Waals surface area contributed by atoms with Crippen molar-refractivity contribution in [2.75, 3.05) is 39.3 Å². The number of hydrogen-bond acceptors (Lipinski definition) is 4. The highest BCUT2D eigenvalue weighted by Gasteiger charge is 2.34. The van der Waals surface area contributed by atoms with Crippen LogP contribution in [0.3, 0.4) is 0 Å². The molecule has 0 atom stereocenters. The molecule has 0 radical (unpaired) electrons. The van der Waals surface area contributed by atoms with Crippen LogP contribution in [-0.2, 0) is 4.79 Å². The van der Waals surface area contributed by atoms with Crippen LogP contribution in [0, 0.1) is 12.8 Å². The van der Waals surface area contributed by atoms with Gasteiger partial charge in [0.1, 0.15) is 0 Å². The second kappa shape index (κ2) is 10.8. The van der Waals surface area contributed by atoms with Crippen LogP contribution in [0.1, 0.15) is 98.3 Å². The highest BCUT2D eigenvalue weighted by molar-refractivity contribution is 5.95. The van der Waals surface area contributed by atoms with Crippen LogP contribution in [-0.4, -0.2) is 76.8 Å². The van der Waals surface area contributed by atoms with E-state index in [2.05, 4.69) is 14.7 Å². The minimum atomic E-state index is 0.157. The molecule has 0 aromatic carbocycles. The molecule has 1 saturated carbocycles. The summed E-state index contributed by atoms with van der Waals surface area (Å²) in [6, 6.07) is 4.63. The van der Waals surface area contributed by atoms with E-state index in [9.17, 15) is 9.59 Å². The van der Waals surface area contributed by atoms with Gasteiger partial charge in [-0.25, -0.2) is 0 Å². The zero-order valence-corrected chi connectivity index (χ0v) is 21.0. The van der Waals surface area contributed by atoms with Crippen molar-refractivity contribution in [2.45, 2.75) is 89.5 Å². The molecule has 0 unspecified atom stereocenters. The summed E-state index contributed by atoms with van der Waals surface area (Å²) in [5.41, 5.74) is 2.73. The van der Waals surface area contributed by atoms with E-state index >= 15 is 0 Å². The van der Waals surface area contributed by atoms with Gasteiger partial charge in [0.15, 0.2) is 0 Å². The molecule has 2 amide bonds. The number of nitrogens with zero attached hydrogens (tertiary/aromatic N) is 4. The third-order valence-corrected chi connectivity index (χ3v) is 8.85. The lowest BCUT2D eigenvalue weighted by Gasteiger charge is -2.40. The van der Waals surface area contributed by atoms with Gasteiger partial charge in [0.2, 0.25) is 5.91 Å². The Morgan fingerprint density at radius 3 is 2.09 bits per heavy atom. The molecule has 4 fully saturated rings. The average molecular weight is 467 g/mol. The highest BCUT2D eigenvalue weighted by atomic mass is 16.2. The minimum absolute atomic E-state index is 0.157. The molecule has 0 N–H and O–H groups in total. The smallest absolute Gasteiger partial charge is 0.255 e. The Kier molecular flexibility index (Phi) is 7.52. The molecule has 4 heterocycles. The minimum Gasteiger partial charge on any atom is -0.342 e. The van der Waals surface area contributed by atoms with Gasteiger partial charge in [0.05, 0.1) is 11.3 Å². The molecule has 3 aliphatic heterocycles. The van der Waals surface area contributed by atoms with Gasteiger partial charge in [-0.3, -0.25) is 14.6 Å². The molecule has 0 spiro atoms. The van der Waals surface area contributed by atoms with Gasteiger partial charge in [0, 0.05) is 49.8 Å². The van der Waals surface area contributed by atoms with E-state index in [0.29, 0.717) is 11.9 Å². The monoisotopic (exact) mass is 466 g/mol. The fraction of sp³-hybridized carbons (Fsp3) is 0.750. The summed E-state index contributed by atoms with van der Waals surface area (Å²) in [6.45, 7) is 7.76. The number of aryl methyl sites for hydroxylation is 1. The zero-order valence-electron chi connectivity index (χ0n) is 21.0. The number of aromatic nitrogens is 1. The number of hydrogen-bond donors (Lipinski definition) is 0. The van der Waals surface area contributed by atoms with Crippen molar-refractivity contribution in [3.05, 3.63) is 29.1 Å². The van der Waals surface area contributed by atoms with Crippen LogP contribution in [0.4, 0.5) is 0 Å². The quantitative estimate of drug-likeness (QED) is 0.661. The summed E-state index contributed by atoms with van der Waals surface area (Å²) in [5.74, 6) is 1.03. The van der Waals surface area contributed by atoms with Crippen LogP contribution in [0.5, 0.6) is 0 Å². The molecule has 1 aliphatic carbocycles. The molecular formula is C28H42N4O2. The van der Waals surface area contributed by atoms with Crippen molar-refractivity contribution in [1.29, 1.82) is 0 Å². The predicted molar refractivity (Wildman–Crippen MR) is 134 cm³/mol. The number of pyridine rings is 1. The molecule has 6 nitrogen and oxygen atoms in total. The summed E-state index contributed by atoms with van der Waals surface area (Å²) in [5, 5.41) is 0. The molecule has 1 aromatic rings. The first-order valence-electron chi connectivity index (χ1n) is 13.9. The number of carbonyl (C=O) groups excluding carboxylic acids is 2. The number of rotatable bonds is 4. The molecule has 5 rings (SSSR count). The first kappa shape index (κ1) is 23.8. The molecule has 34 heavy (non-hydrogen) atoms. The van der Waals surface area contributed by atoms with E-state index in [1.165, 1.54) is 45.2 Å². The van der Waals surface area contributed by atoms with Gasteiger partial charge in [-0.05, 0) is 83.5 Å². The standard InChI is InChI=1S/C28H42N4O2/c1-21-9-10-25(28(34)32-19-13-24(14-20-32)30-15-5-2-6-16-30)26(29-21)22-11-17-31(18-12-22)27(33)23-7-3-4-8-23/h9-10,22-24H,2-8,11-20H2,1H3. The maximum atomic E-state index is 13.6. The fourth-order valence-electron chi connectivity index (χ4n) is 6.76. The van der Waals surface area contributed by atoms with Crippen molar-refractivity contribution in [2.24, 2.45) is 5.92 Å². The first-order chi connectivity index (χ1) is 16.6. The van der Waals surface area contributed by atoms with Gasteiger partial charge < -0.3 is 14.7 Å². The molecule has 6 heteroatoms. The fourth-order valence-corrected chi connectivity index (χ4v) is 6.76. The summed E-state index contributed by atoms with van der Waals surface area (Å²) in [4.78, 5) is 38.2. The van der Waals surface area contributed by atoms with Gasteiger partial charge in [-0.1, -0.05) is 19.3 Å². The third-order valence-electron chi connectivity index (χ3n) is 8.85. The lowest BCUT2D eigenvalue weighted by Crippen LogP contribution is -2.48. The maximum absolute atomic E-state index is 13.6. The Morgan fingerprint density at radius 1 is 0.765 bits per heavy atom. The second-order valence-corrected chi connectivity index (χ2v) is 11.1. The SMILES string of the molecule is Cc1ccc(C(=O)N2CCC(N3CCCCC3)CC2)c(C2CCN(C(=O)C3CCCC3)CC2)n1. The van der Waals surface area contributed by atoms with Crippen LogP contribution in [0.25, 0.3) is 0 Å². The van der Waals surface area contributed by atoms with E-state index in [4.69, 9.17) is 4.98 Å². The van der Waals surface area contributed by atoms with Crippen LogP contribution in [0.2, 0.25) is 0 Å². The average Bonchev–Trinajstić information content (AvgIpc) is 3.44. The summed E-state index contributed by atoms with van der Waals surface area (Å²) >= 11 is 0. The van der Waals surface area contributed by atoms with E-state index < -0.39 is 0 Å².